The van der Waals surface area contributed by atoms with E-state index in [1.165, 1.54) is 5.56 Å². The van der Waals surface area contributed by atoms with Gasteiger partial charge in [-0.3, -0.25) is 0 Å². The van der Waals surface area contributed by atoms with Crippen LogP contribution in [0.2, 0.25) is 0 Å². The molecule has 0 aromatic heterocycles. The zero-order valence-electron chi connectivity index (χ0n) is 8.17. The molecule has 0 saturated carbocycles. The molecule has 14 heavy (non-hydrogen) atoms. The van der Waals surface area contributed by atoms with Gasteiger partial charge in [-0.1, -0.05) is 6.07 Å². The van der Waals surface area contributed by atoms with Crippen molar-refractivity contribution >= 4 is 5.71 Å². The van der Waals surface area contributed by atoms with Gasteiger partial charge in [-0.05, 0) is 36.6 Å². The van der Waals surface area contributed by atoms with Gasteiger partial charge in [0.1, 0.15) is 5.75 Å². The first-order chi connectivity index (χ1) is 6.66. The lowest BCUT2D eigenvalue weighted by Crippen LogP contribution is -2.40. The van der Waals surface area contributed by atoms with Crippen LogP contribution in [0.25, 0.3) is 0 Å². The molecule has 0 fully saturated rings. The normalized spacial score (nSPS) is 20.2. The predicted octanol–water partition coefficient (Wildman–Crippen LogP) is 1.45. The Labute approximate surface area is 83.3 Å². The lowest BCUT2D eigenvalue weighted by atomic mass is 9.94. The molecule has 3 nitrogen and oxygen atoms in total. The van der Waals surface area contributed by atoms with E-state index in [2.05, 4.69) is 5.32 Å². The van der Waals surface area contributed by atoms with E-state index in [1.807, 2.05) is 13.0 Å². The molecular weight excluding hydrogens is 176 g/mol. The first-order valence-corrected chi connectivity index (χ1v) is 4.76. The van der Waals surface area contributed by atoms with Gasteiger partial charge in [-0.15, -0.1) is 0 Å². The molecule has 3 heteroatoms. The molecule has 1 aliphatic rings. The van der Waals surface area contributed by atoms with Crippen LogP contribution in [0.3, 0.4) is 0 Å². The molecule has 1 heterocycles. The van der Waals surface area contributed by atoms with Gasteiger partial charge in [0, 0.05) is 18.3 Å². The topological polar surface area (TPSA) is 56.1 Å². The van der Waals surface area contributed by atoms with Crippen LogP contribution in [-0.2, 0) is 13.0 Å². The lowest BCUT2D eigenvalue weighted by Gasteiger charge is -2.25. The number of aromatic hydroxyl groups is 1. The number of benzene rings is 1. The highest BCUT2D eigenvalue weighted by atomic mass is 16.3. The predicted molar refractivity (Wildman–Crippen MR) is 55.8 cm³/mol. The highest BCUT2D eigenvalue weighted by molar-refractivity contribution is 5.84. The van der Waals surface area contributed by atoms with Gasteiger partial charge in [0.2, 0.25) is 0 Å². The van der Waals surface area contributed by atoms with Crippen LogP contribution in [0.5, 0.6) is 5.75 Å². The van der Waals surface area contributed by atoms with Crippen molar-refractivity contribution in [2.45, 2.75) is 25.9 Å². The van der Waals surface area contributed by atoms with Crippen molar-refractivity contribution in [3.63, 3.8) is 0 Å². The van der Waals surface area contributed by atoms with Gasteiger partial charge < -0.3 is 15.8 Å². The first kappa shape index (κ1) is 9.21. The molecule has 0 aliphatic carbocycles. The van der Waals surface area contributed by atoms with Crippen LogP contribution in [0.15, 0.2) is 18.2 Å². The van der Waals surface area contributed by atoms with Crippen molar-refractivity contribution in [2.75, 3.05) is 0 Å². The fourth-order valence-electron chi connectivity index (χ4n) is 1.81. The van der Waals surface area contributed by atoms with E-state index in [9.17, 15) is 5.11 Å². The summed E-state index contributed by atoms with van der Waals surface area (Å²) in [7, 11) is 0. The summed E-state index contributed by atoms with van der Waals surface area (Å²) in [6.45, 7) is 2.56. The van der Waals surface area contributed by atoms with Gasteiger partial charge in [0.15, 0.2) is 0 Å². The molecule has 3 N–H and O–H groups in total. The zero-order valence-corrected chi connectivity index (χ0v) is 8.17. The molecule has 0 unspecified atom stereocenters. The van der Waals surface area contributed by atoms with Crippen molar-refractivity contribution < 1.29 is 5.11 Å². The number of nitrogens with one attached hydrogen (secondary N) is 2. The molecule has 2 rings (SSSR count). The largest absolute Gasteiger partial charge is 0.508 e. The van der Waals surface area contributed by atoms with E-state index in [0.717, 1.165) is 18.5 Å². The van der Waals surface area contributed by atoms with E-state index < -0.39 is 0 Å². The Balaban J connectivity index is 2.27. The second kappa shape index (κ2) is 3.42. The molecule has 1 aromatic carbocycles. The van der Waals surface area contributed by atoms with Crippen LogP contribution in [0.1, 0.15) is 18.1 Å². The Morgan fingerprint density at radius 3 is 3.00 bits per heavy atom. The maximum Gasteiger partial charge on any atom is 0.115 e. The van der Waals surface area contributed by atoms with Crippen molar-refractivity contribution in [2.24, 2.45) is 0 Å². The summed E-state index contributed by atoms with van der Waals surface area (Å²) < 4.78 is 0. The molecule has 0 radical (unpaired) electrons. The number of hydrogen-bond donors (Lipinski definition) is 3. The van der Waals surface area contributed by atoms with E-state index in [0.29, 0.717) is 11.5 Å². The Morgan fingerprint density at radius 2 is 2.29 bits per heavy atom. The quantitative estimate of drug-likeness (QED) is 0.587. The summed E-state index contributed by atoms with van der Waals surface area (Å²) in [5, 5.41) is 20.1. The standard InChI is InChI=1S/C11H14N2O/c1-7(12)11-5-8-2-3-10(14)4-9(8)6-13-11/h2-4,11-14H,5-6H2,1H3/t11-/m1/s1. The van der Waals surface area contributed by atoms with E-state index in [1.54, 1.807) is 12.1 Å². The first-order valence-electron chi connectivity index (χ1n) is 4.76. The third-order valence-electron chi connectivity index (χ3n) is 2.68. The van der Waals surface area contributed by atoms with Gasteiger partial charge in [-0.25, -0.2) is 0 Å². The Kier molecular flexibility index (Phi) is 2.25. The molecule has 1 aromatic rings. The number of rotatable bonds is 1. The van der Waals surface area contributed by atoms with Crippen LogP contribution in [0, 0.1) is 5.41 Å². The number of phenols is 1. The summed E-state index contributed by atoms with van der Waals surface area (Å²) >= 11 is 0. The SMILES string of the molecule is CC(=N)[C@H]1Cc2ccc(O)cc2CN1. The van der Waals surface area contributed by atoms with Gasteiger partial charge in [0.05, 0.1) is 0 Å². The third-order valence-corrected chi connectivity index (χ3v) is 2.68. The summed E-state index contributed by atoms with van der Waals surface area (Å²) in [5.41, 5.74) is 3.05. The second-order valence-electron chi connectivity index (χ2n) is 3.77. The monoisotopic (exact) mass is 190 g/mol. The molecule has 1 aliphatic heterocycles. The van der Waals surface area contributed by atoms with Crippen molar-refractivity contribution in [1.82, 2.24) is 5.32 Å². The smallest absolute Gasteiger partial charge is 0.115 e. The maximum atomic E-state index is 9.29. The highest BCUT2D eigenvalue weighted by Gasteiger charge is 2.19. The maximum absolute atomic E-state index is 9.29. The molecule has 0 spiro atoms. The minimum atomic E-state index is 0.159. The number of fused-ring (bicyclic) bond motifs is 1. The molecule has 1 atom stereocenters. The molecule has 0 amide bonds. The van der Waals surface area contributed by atoms with Crippen LogP contribution < -0.4 is 5.32 Å². The fraction of sp³-hybridized carbons (Fsp3) is 0.364. The second-order valence-corrected chi connectivity index (χ2v) is 3.77. The summed E-state index contributed by atoms with van der Waals surface area (Å²) in [5.74, 6) is 0.315. The van der Waals surface area contributed by atoms with Gasteiger partial charge in [-0.2, -0.15) is 0 Å². The van der Waals surface area contributed by atoms with Crippen LogP contribution in [0.4, 0.5) is 0 Å². The molecular formula is C11H14N2O. The summed E-state index contributed by atoms with van der Waals surface area (Å²) in [4.78, 5) is 0. The highest BCUT2D eigenvalue weighted by Crippen LogP contribution is 2.21. The number of hydrogen-bond acceptors (Lipinski definition) is 3. The van der Waals surface area contributed by atoms with Crippen molar-refractivity contribution in [1.29, 1.82) is 5.41 Å². The van der Waals surface area contributed by atoms with E-state index in [-0.39, 0.29) is 6.04 Å². The zero-order chi connectivity index (χ0) is 10.1. The Morgan fingerprint density at radius 1 is 1.50 bits per heavy atom. The molecule has 0 bridgehead atoms. The molecule has 0 saturated heterocycles. The van der Waals surface area contributed by atoms with Crippen molar-refractivity contribution in [3.8, 4) is 5.75 Å². The molecule has 74 valence electrons. The third kappa shape index (κ3) is 1.63. The fourth-order valence-corrected chi connectivity index (χ4v) is 1.81. The summed E-state index contributed by atoms with van der Waals surface area (Å²) in [6, 6.07) is 5.60. The van der Waals surface area contributed by atoms with Crippen LogP contribution >= 0.6 is 0 Å². The van der Waals surface area contributed by atoms with E-state index in [4.69, 9.17) is 5.41 Å². The minimum Gasteiger partial charge on any atom is -0.508 e. The van der Waals surface area contributed by atoms with Gasteiger partial charge >= 0.3 is 0 Å². The van der Waals surface area contributed by atoms with E-state index >= 15 is 0 Å². The summed E-state index contributed by atoms with van der Waals surface area (Å²) in [6.07, 6.45) is 0.852. The number of phenolic OH excluding ortho intramolecular Hbond substituents is 1. The Bertz CT molecular complexity index is 374. The average molecular weight is 190 g/mol. The van der Waals surface area contributed by atoms with Gasteiger partial charge in [0.25, 0.3) is 0 Å². The lowest BCUT2D eigenvalue weighted by molar-refractivity contribution is 0.471. The van der Waals surface area contributed by atoms with Crippen molar-refractivity contribution in [3.05, 3.63) is 29.3 Å². The minimum absolute atomic E-state index is 0.159. The van der Waals surface area contributed by atoms with Crippen LogP contribution in [-0.4, -0.2) is 16.9 Å². The average Bonchev–Trinajstić information content (AvgIpc) is 2.16. The Hall–Kier alpha value is -1.35.